The van der Waals surface area contributed by atoms with E-state index >= 15 is 0 Å². The molecule has 2 aromatic rings. The Labute approximate surface area is 129 Å². The zero-order valence-corrected chi connectivity index (χ0v) is 12.1. The Morgan fingerprint density at radius 3 is 2.64 bits per heavy atom. The van der Waals surface area contributed by atoms with Crippen molar-refractivity contribution in [3.63, 3.8) is 0 Å². The largest absolute Gasteiger partial charge is 0.460 e. The third-order valence-electron chi connectivity index (χ3n) is 3.58. The molecule has 22 heavy (non-hydrogen) atoms. The van der Waals surface area contributed by atoms with Crippen LogP contribution in [0.25, 0.3) is 5.57 Å². The van der Waals surface area contributed by atoms with E-state index in [-0.39, 0.29) is 6.61 Å². The van der Waals surface area contributed by atoms with Gasteiger partial charge >= 0.3 is 5.97 Å². The lowest BCUT2D eigenvalue weighted by Crippen LogP contribution is -2.32. The van der Waals surface area contributed by atoms with Crippen LogP contribution in [0.3, 0.4) is 0 Å². The number of benzene rings is 2. The van der Waals surface area contributed by atoms with Crippen molar-refractivity contribution in [2.75, 3.05) is 0 Å². The smallest absolute Gasteiger partial charge is 0.323 e. The third kappa shape index (κ3) is 3.18. The second-order valence-corrected chi connectivity index (χ2v) is 5.20. The van der Waals surface area contributed by atoms with Crippen molar-refractivity contribution in [2.24, 2.45) is 5.73 Å². The number of hydrogen-bond donors (Lipinski definition) is 1. The molecule has 1 heterocycles. The second kappa shape index (κ2) is 6.45. The average Bonchev–Trinajstić information content (AvgIpc) is 2.97. The van der Waals surface area contributed by atoms with Gasteiger partial charge in [0.05, 0.1) is 5.69 Å². The van der Waals surface area contributed by atoms with Gasteiger partial charge in [0.1, 0.15) is 12.6 Å². The normalized spacial score (nSPS) is 13.8. The molecule has 1 unspecified atom stereocenters. The molecular formula is C18H17N2O2. The minimum atomic E-state index is -0.684. The number of esters is 1. The molecule has 1 atom stereocenters. The van der Waals surface area contributed by atoms with Gasteiger partial charge < -0.3 is 10.5 Å². The second-order valence-electron chi connectivity index (χ2n) is 5.20. The maximum absolute atomic E-state index is 12.0. The van der Waals surface area contributed by atoms with Gasteiger partial charge in [0, 0.05) is 18.2 Å². The van der Waals surface area contributed by atoms with Gasteiger partial charge in [-0.3, -0.25) is 10.1 Å². The van der Waals surface area contributed by atoms with Crippen LogP contribution in [-0.4, -0.2) is 12.0 Å². The summed E-state index contributed by atoms with van der Waals surface area (Å²) in [6, 6.07) is 16.7. The fraction of sp³-hybridized carbons (Fsp3) is 0.167. The van der Waals surface area contributed by atoms with E-state index in [0.29, 0.717) is 6.42 Å². The Kier molecular flexibility index (Phi) is 4.21. The number of nitrogens with two attached hydrogens (primary N) is 1. The van der Waals surface area contributed by atoms with Crippen LogP contribution in [0.15, 0.2) is 60.8 Å². The summed E-state index contributed by atoms with van der Waals surface area (Å²) in [7, 11) is 0. The maximum atomic E-state index is 12.0. The van der Waals surface area contributed by atoms with Crippen molar-refractivity contribution in [2.45, 2.75) is 19.1 Å². The first kappa shape index (κ1) is 14.4. The Morgan fingerprint density at radius 1 is 1.09 bits per heavy atom. The van der Waals surface area contributed by atoms with Crippen molar-refractivity contribution in [1.29, 1.82) is 0 Å². The van der Waals surface area contributed by atoms with E-state index in [1.807, 2.05) is 54.6 Å². The summed E-state index contributed by atoms with van der Waals surface area (Å²) < 4.78 is 5.27. The summed E-state index contributed by atoms with van der Waals surface area (Å²) in [4.78, 5) is 12.0. The van der Waals surface area contributed by atoms with Crippen molar-refractivity contribution < 1.29 is 9.53 Å². The molecule has 0 spiro atoms. The zero-order chi connectivity index (χ0) is 15.4. The van der Waals surface area contributed by atoms with Crippen LogP contribution in [0, 0.1) is 0 Å². The third-order valence-corrected chi connectivity index (χ3v) is 3.58. The minimum absolute atomic E-state index is 0.243. The highest BCUT2D eigenvalue weighted by atomic mass is 16.5. The molecule has 3 rings (SSSR count). The first-order chi connectivity index (χ1) is 10.7. The number of para-hydroxylation sites is 1. The van der Waals surface area contributed by atoms with Gasteiger partial charge in [-0.25, -0.2) is 0 Å². The number of nitrogens with zero attached hydrogens (tertiary/aromatic N) is 1. The minimum Gasteiger partial charge on any atom is -0.460 e. The van der Waals surface area contributed by atoms with Gasteiger partial charge in [-0.15, -0.1) is 0 Å². The topological polar surface area (TPSA) is 66.4 Å². The molecule has 0 amide bonds. The molecule has 4 heteroatoms. The summed E-state index contributed by atoms with van der Waals surface area (Å²) in [5.74, 6) is -0.394. The Bertz CT molecular complexity index is 695. The highest BCUT2D eigenvalue weighted by Crippen LogP contribution is 2.32. The predicted molar refractivity (Wildman–Crippen MR) is 85.0 cm³/mol. The molecule has 4 nitrogen and oxygen atoms in total. The molecule has 1 aliphatic heterocycles. The average molecular weight is 293 g/mol. The number of rotatable bonds is 5. The van der Waals surface area contributed by atoms with Crippen LogP contribution < -0.4 is 11.1 Å². The summed E-state index contributed by atoms with van der Waals surface area (Å²) in [6.07, 6.45) is 2.20. The molecule has 2 aromatic carbocycles. The van der Waals surface area contributed by atoms with Crippen LogP contribution in [0.5, 0.6) is 0 Å². The summed E-state index contributed by atoms with van der Waals surface area (Å²) in [6.45, 7) is 0.243. The van der Waals surface area contributed by atoms with Crippen LogP contribution in [0.1, 0.15) is 17.5 Å². The van der Waals surface area contributed by atoms with Crippen molar-refractivity contribution in [3.05, 3.63) is 71.9 Å². The van der Waals surface area contributed by atoms with E-state index in [1.54, 1.807) is 6.20 Å². The van der Waals surface area contributed by atoms with Crippen molar-refractivity contribution in [3.8, 4) is 0 Å². The SMILES string of the molecule is NC(CC1=C[N]c2ccccc21)C(=O)OCc1ccccc1. The monoisotopic (exact) mass is 293 g/mol. The van der Waals surface area contributed by atoms with Gasteiger partial charge in [-0.1, -0.05) is 48.5 Å². The predicted octanol–water partition coefficient (Wildman–Crippen LogP) is 2.74. The van der Waals surface area contributed by atoms with Crippen LogP contribution in [-0.2, 0) is 16.1 Å². The number of fused-ring (bicyclic) bond motifs is 1. The van der Waals surface area contributed by atoms with Crippen LogP contribution in [0.4, 0.5) is 5.69 Å². The van der Waals surface area contributed by atoms with E-state index in [9.17, 15) is 4.79 Å². The van der Waals surface area contributed by atoms with Gasteiger partial charge in [-0.2, -0.15) is 0 Å². The Hall–Kier alpha value is -2.59. The maximum Gasteiger partial charge on any atom is 0.323 e. The lowest BCUT2D eigenvalue weighted by Gasteiger charge is -2.12. The van der Waals surface area contributed by atoms with E-state index < -0.39 is 12.0 Å². The fourth-order valence-corrected chi connectivity index (χ4v) is 2.39. The number of ether oxygens (including phenoxy) is 1. The molecule has 0 aromatic heterocycles. The van der Waals surface area contributed by atoms with Gasteiger partial charge in [0.15, 0.2) is 0 Å². The van der Waals surface area contributed by atoms with Gasteiger partial charge in [-0.05, 0) is 17.2 Å². The molecule has 0 aliphatic carbocycles. The molecule has 1 radical (unpaired) electrons. The van der Waals surface area contributed by atoms with Gasteiger partial charge in [0.2, 0.25) is 0 Å². The summed E-state index contributed by atoms with van der Waals surface area (Å²) in [5, 5.41) is 4.32. The quantitative estimate of drug-likeness (QED) is 0.862. The summed E-state index contributed by atoms with van der Waals surface area (Å²) >= 11 is 0. The van der Waals surface area contributed by atoms with Crippen LogP contribution >= 0.6 is 0 Å². The molecule has 2 N–H and O–H groups in total. The first-order valence-electron chi connectivity index (χ1n) is 7.19. The Morgan fingerprint density at radius 2 is 1.82 bits per heavy atom. The molecule has 0 saturated heterocycles. The van der Waals surface area contributed by atoms with E-state index in [4.69, 9.17) is 10.5 Å². The first-order valence-corrected chi connectivity index (χ1v) is 7.19. The fourth-order valence-electron chi connectivity index (χ4n) is 2.39. The van der Waals surface area contributed by atoms with E-state index in [1.165, 1.54) is 0 Å². The number of carbonyl (C=O) groups is 1. The molecule has 0 fully saturated rings. The lowest BCUT2D eigenvalue weighted by molar-refractivity contribution is -0.146. The van der Waals surface area contributed by atoms with Crippen LogP contribution in [0.2, 0.25) is 0 Å². The van der Waals surface area contributed by atoms with Crippen molar-refractivity contribution in [1.82, 2.24) is 5.32 Å². The highest BCUT2D eigenvalue weighted by molar-refractivity contribution is 5.84. The highest BCUT2D eigenvalue weighted by Gasteiger charge is 2.22. The summed E-state index contributed by atoms with van der Waals surface area (Å²) in [5.41, 5.74) is 9.84. The molecule has 1 aliphatic rings. The Balaban J connectivity index is 1.56. The number of carbonyl (C=O) groups excluding carboxylic acids is 1. The van der Waals surface area contributed by atoms with E-state index in [2.05, 4.69) is 5.32 Å². The molecule has 0 bridgehead atoms. The van der Waals surface area contributed by atoms with Crippen molar-refractivity contribution >= 4 is 17.2 Å². The van der Waals surface area contributed by atoms with Gasteiger partial charge in [0.25, 0.3) is 0 Å². The standard InChI is InChI=1S/C18H17N2O2/c19-16(18(21)22-12-13-6-2-1-3-7-13)10-14-11-20-17-9-5-4-8-15(14)17/h1-9,11,16H,10,12,19H2. The van der Waals surface area contributed by atoms with E-state index in [0.717, 1.165) is 22.4 Å². The molecule has 0 saturated carbocycles. The lowest BCUT2D eigenvalue weighted by atomic mass is 10.0. The molecule has 111 valence electrons. The molecular weight excluding hydrogens is 276 g/mol. The zero-order valence-electron chi connectivity index (χ0n) is 12.1. The number of hydrogen-bond acceptors (Lipinski definition) is 3.